The maximum atomic E-state index is 13.7. The number of nitrogens with zero attached hydrogens (tertiary/aromatic N) is 3. The second-order valence-corrected chi connectivity index (χ2v) is 12.4. The fourth-order valence-electron chi connectivity index (χ4n) is 5.15. The fraction of sp³-hybridized carbons (Fsp3) is 0.407. The average Bonchev–Trinajstić information content (AvgIpc) is 3.31. The van der Waals surface area contributed by atoms with Crippen molar-refractivity contribution in [1.29, 1.82) is 0 Å². The van der Waals surface area contributed by atoms with Crippen molar-refractivity contribution in [3.8, 4) is 0 Å². The highest BCUT2D eigenvalue weighted by Crippen LogP contribution is 2.31. The maximum Gasteiger partial charge on any atom is 0.258 e. The molecule has 0 radical (unpaired) electrons. The fourth-order valence-corrected chi connectivity index (χ4v) is 6.60. The standard InChI is InChI=1S/C27H32F2N6O4S/c1-34(2)19-5-8-22(25(14-19)30-18-3-6-20(36)7-4-18)27(37)31-26-23-15-35(10-9-24(23)32-33-26)40(38,39)21-12-16(28)11-17(29)13-21/h5,8,11-14,18,20,30,36H,3-4,6-7,9-10,15H2,1-2H3,(H2,31,32,33,37). The maximum absolute atomic E-state index is 13.7. The number of fused-ring (bicyclic) bond motifs is 1. The predicted octanol–water partition coefficient (Wildman–Crippen LogP) is 3.47. The molecule has 2 aliphatic rings. The van der Waals surface area contributed by atoms with Crippen LogP contribution in [0.2, 0.25) is 0 Å². The van der Waals surface area contributed by atoms with Crippen LogP contribution in [-0.2, 0) is 23.0 Å². The van der Waals surface area contributed by atoms with E-state index in [-0.39, 0.29) is 37.5 Å². The topological polar surface area (TPSA) is 131 Å². The van der Waals surface area contributed by atoms with Gasteiger partial charge in [0.1, 0.15) is 11.6 Å². The van der Waals surface area contributed by atoms with Gasteiger partial charge < -0.3 is 20.6 Å². The molecule has 0 spiro atoms. The molecule has 0 bridgehead atoms. The van der Waals surface area contributed by atoms with Gasteiger partial charge in [-0.3, -0.25) is 9.89 Å². The zero-order valence-electron chi connectivity index (χ0n) is 22.2. The summed E-state index contributed by atoms with van der Waals surface area (Å²) < 4.78 is 54.9. The monoisotopic (exact) mass is 574 g/mol. The summed E-state index contributed by atoms with van der Waals surface area (Å²) in [4.78, 5) is 14.9. The van der Waals surface area contributed by atoms with Crippen LogP contribution >= 0.6 is 0 Å². The number of nitrogens with one attached hydrogen (secondary N) is 3. The number of aromatic amines is 1. The normalized spacial score (nSPS) is 19.6. The van der Waals surface area contributed by atoms with E-state index in [1.54, 1.807) is 6.07 Å². The summed E-state index contributed by atoms with van der Waals surface area (Å²) in [6.45, 7) is -0.0455. The van der Waals surface area contributed by atoms with Crippen LogP contribution in [0.1, 0.15) is 47.3 Å². The highest BCUT2D eigenvalue weighted by Gasteiger charge is 2.32. The lowest BCUT2D eigenvalue weighted by Gasteiger charge is -2.28. The van der Waals surface area contributed by atoms with E-state index < -0.39 is 32.5 Å². The van der Waals surface area contributed by atoms with E-state index >= 15 is 0 Å². The third-order valence-corrected chi connectivity index (χ3v) is 9.25. The molecule has 10 nitrogen and oxygen atoms in total. The Balaban J connectivity index is 1.38. The SMILES string of the molecule is CN(C)c1ccc(C(=O)Nc2n[nH]c3c2CN(S(=O)(=O)c2cc(F)cc(F)c2)CC3)c(NC2CCC(O)CC2)c1. The van der Waals surface area contributed by atoms with Gasteiger partial charge in [0, 0.05) is 68.3 Å². The van der Waals surface area contributed by atoms with Crippen molar-refractivity contribution < 1.29 is 27.1 Å². The number of aromatic nitrogens is 2. The Morgan fingerprint density at radius 2 is 1.80 bits per heavy atom. The molecule has 2 heterocycles. The minimum atomic E-state index is -4.20. The first-order valence-electron chi connectivity index (χ1n) is 13.1. The zero-order chi connectivity index (χ0) is 28.6. The van der Waals surface area contributed by atoms with Crippen molar-refractivity contribution in [2.24, 2.45) is 0 Å². The van der Waals surface area contributed by atoms with Crippen LogP contribution in [0.4, 0.5) is 26.0 Å². The number of anilines is 3. The van der Waals surface area contributed by atoms with Crippen LogP contribution < -0.4 is 15.5 Å². The Morgan fingerprint density at radius 1 is 1.10 bits per heavy atom. The van der Waals surface area contributed by atoms with Crippen molar-refractivity contribution in [2.45, 2.75) is 55.7 Å². The predicted molar refractivity (Wildman–Crippen MR) is 147 cm³/mol. The number of aliphatic hydroxyl groups is 1. The van der Waals surface area contributed by atoms with E-state index in [0.717, 1.165) is 35.0 Å². The molecular weight excluding hydrogens is 542 g/mol. The summed E-state index contributed by atoms with van der Waals surface area (Å²) in [5.41, 5.74) is 3.10. The molecule has 5 rings (SSSR count). The van der Waals surface area contributed by atoms with Crippen molar-refractivity contribution >= 4 is 33.1 Å². The first-order valence-corrected chi connectivity index (χ1v) is 14.5. The van der Waals surface area contributed by atoms with Gasteiger partial charge >= 0.3 is 0 Å². The minimum Gasteiger partial charge on any atom is -0.393 e. The van der Waals surface area contributed by atoms with E-state index in [0.29, 0.717) is 41.4 Å². The molecule has 13 heteroatoms. The number of amides is 1. The van der Waals surface area contributed by atoms with E-state index in [4.69, 9.17) is 0 Å². The Bertz CT molecular complexity index is 1500. The largest absolute Gasteiger partial charge is 0.393 e. The summed E-state index contributed by atoms with van der Waals surface area (Å²) >= 11 is 0. The quantitative estimate of drug-likeness (QED) is 0.340. The van der Waals surface area contributed by atoms with Crippen LogP contribution in [0.5, 0.6) is 0 Å². The highest BCUT2D eigenvalue weighted by atomic mass is 32.2. The summed E-state index contributed by atoms with van der Waals surface area (Å²) in [6.07, 6.45) is 2.92. The summed E-state index contributed by atoms with van der Waals surface area (Å²) in [6, 6.07) is 7.73. The lowest BCUT2D eigenvalue weighted by atomic mass is 9.92. The molecule has 40 heavy (non-hydrogen) atoms. The molecule has 1 fully saturated rings. The zero-order valence-corrected chi connectivity index (χ0v) is 23.1. The van der Waals surface area contributed by atoms with E-state index in [1.807, 2.05) is 31.1 Å². The smallest absolute Gasteiger partial charge is 0.258 e. The molecule has 1 amide bonds. The minimum absolute atomic E-state index is 0.0825. The van der Waals surface area contributed by atoms with Crippen molar-refractivity contribution in [1.82, 2.24) is 14.5 Å². The van der Waals surface area contributed by atoms with Gasteiger partial charge in [-0.05, 0) is 56.0 Å². The molecule has 0 atom stereocenters. The Kier molecular flexibility index (Phi) is 7.80. The Labute approximate surface area is 231 Å². The second-order valence-electron chi connectivity index (χ2n) is 10.5. The van der Waals surface area contributed by atoms with Gasteiger partial charge in [0.2, 0.25) is 10.0 Å². The third-order valence-electron chi connectivity index (χ3n) is 7.42. The molecule has 1 saturated carbocycles. The van der Waals surface area contributed by atoms with Gasteiger partial charge in [-0.2, -0.15) is 9.40 Å². The molecule has 0 unspecified atom stereocenters. The van der Waals surface area contributed by atoms with Crippen LogP contribution in [0.25, 0.3) is 0 Å². The average molecular weight is 575 g/mol. The van der Waals surface area contributed by atoms with Crippen LogP contribution in [0.15, 0.2) is 41.3 Å². The number of hydrogen-bond acceptors (Lipinski definition) is 7. The Morgan fingerprint density at radius 3 is 2.48 bits per heavy atom. The number of H-pyrrole nitrogens is 1. The number of benzene rings is 2. The van der Waals surface area contributed by atoms with Gasteiger partial charge in [0.05, 0.1) is 16.6 Å². The van der Waals surface area contributed by atoms with E-state index in [9.17, 15) is 27.1 Å². The molecule has 3 aromatic rings. The lowest BCUT2D eigenvalue weighted by Crippen LogP contribution is -2.36. The molecule has 214 valence electrons. The van der Waals surface area contributed by atoms with Gasteiger partial charge in [-0.1, -0.05) is 0 Å². The number of hydrogen-bond donors (Lipinski definition) is 4. The second kappa shape index (κ2) is 11.1. The summed E-state index contributed by atoms with van der Waals surface area (Å²) in [5, 5.41) is 23.2. The van der Waals surface area contributed by atoms with Crippen LogP contribution in [0.3, 0.4) is 0 Å². The molecule has 2 aromatic carbocycles. The molecular formula is C27H32F2N6O4S. The van der Waals surface area contributed by atoms with E-state index in [2.05, 4.69) is 20.8 Å². The lowest BCUT2D eigenvalue weighted by molar-refractivity contribution is 0.102. The Hall–Kier alpha value is -3.55. The van der Waals surface area contributed by atoms with Gasteiger partial charge in [0.25, 0.3) is 5.91 Å². The first kappa shape index (κ1) is 28.0. The molecule has 1 aliphatic heterocycles. The van der Waals surface area contributed by atoms with Crippen molar-refractivity contribution in [2.75, 3.05) is 36.2 Å². The summed E-state index contributed by atoms with van der Waals surface area (Å²) in [7, 11) is -0.385. The number of carbonyl (C=O) groups is 1. The number of halogens is 2. The molecule has 1 aromatic heterocycles. The number of aliphatic hydroxyl groups excluding tert-OH is 1. The molecule has 0 saturated heterocycles. The summed E-state index contributed by atoms with van der Waals surface area (Å²) in [5.74, 6) is -2.21. The molecule has 1 aliphatic carbocycles. The van der Waals surface area contributed by atoms with Crippen LogP contribution in [0, 0.1) is 11.6 Å². The van der Waals surface area contributed by atoms with Crippen molar-refractivity contribution in [3.05, 3.63) is 64.9 Å². The van der Waals surface area contributed by atoms with Crippen molar-refractivity contribution in [3.63, 3.8) is 0 Å². The van der Waals surface area contributed by atoms with Crippen LogP contribution in [-0.4, -0.2) is 66.7 Å². The van der Waals surface area contributed by atoms with Gasteiger partial charge in [0.15, 0.2) is 5.82 Å². The highest BCUT2D eigenvalue weighted by molar-refractivity contribution is 7.89. The number of rotatable bonds is 7. The van der Waals surface area contributed by atoms with E-state index in [1.165, 1.54) is 0 Å². The number of carbonyl (C=O) groups excluding carboxylic acids is 1. The first-order chi connectivity index (χ1) is 19.0. The number of sulfonamides is 1. The van der Waals surface area contributed by atoms with Gasteiger partial charge in [-0.15, -0.1) is 0 Å². The third kappa shape index (κ3) is 5.81. The molecule has 4 N–H and O–H groups in total. The van der Waals surface area contributed by atoms with Gasteiger partial charge in [-0.25, -0.2) is 17.2 Å².